The maximum absolute atomic E-state index is 12.4. The van der Waals surface area contributed by atoms with Crippen LogP contribution >= 0.6 is 11.6 Å². The van der Waals surface area contributed by atoms with Gasteiger partial charge in [-0.2, -0.15) is 5.10 Å². The number of hydrogen-bond acceptors (Lipinski definition) is 4. The molecular weight excluding hydrogens is 448 g/mol. The predicted molar refractivity (Wildman–Crippen MR) is 126 cm³/mol. The van der Waals surface area contributed by atoms with Crippen molar-refractivity contribution in [3.63, 3.8) is 0 Å². The van der Waals surface area contributed by atoms with Gasteiger partial charge in [-0.05, 0) is 42.8 Å². The zero-order valence-corrected chi connectivity index (χ0v) is 19.1. The lowest BCUT2D eigenvalue weighted by Crippen LogP contribution is -2.30. The third-order valence-corrected chi connectivity index (χ3v) is 6.44. The smallest absolute Gasteiger partial charge is 0.257 e. The Bertz CT molecular complexity index is 1440. The Hall–Kier alpha value is -3.36. The molecule has 2 aromatic carbocycles. The lowest BCUT2D eigenvalue weighted by atomic mass is 10.2. The average Bonchev–Trinajstić information content (AvgIpc) is 3.25. The van der Waals surface area contributed by atoms with Crippen LogP contribution in [0.1, 0.15) is 16.8 Å². The van der Waals surface area contributed by atoms with E-state index in [4.69, 9.17) is 11.6 Å². The number of fused-ring (bicyclic) bond motifs is 1. The van der Waals surface area contributed by atoms with E-state index in [0.717, 1.165) is 16.7 Å². The molecule has 0 aliphatic rings. The first-order valence-electron chi connectivity index (χ1n) is 9.80. The highest BCUT2D eigenvalue weighted by molar-refractivity contribution is 7.89. The number of amides is 1. The van der Waals surface area contributed by atoms with E-state index in [1.807, 2.05) is 49.0 Å². The van der Waals surface area contributed by atoms with Crippen LogP contribution in [0.5, 0.6) is 0 Å². The van der Waals surface area contributed by atoms with Crippen LogP contribution < -0.4 is 4.72 Å². The lowest BCUT2D eigenvalue weighted by molar-refractivity contribution is -0.114. The summed E-state index contributed by atoms with van der Waals surface area (Å²) in [6.45, 7) is 1.83. The Morgan fingerprint density at radius 2 is 1.91 bits per heavy atom. The Morgan fingerprint density at radius 1 is 1.16 bits per heavy atom. The molecule has 0 atom stereocenters. The highest BCUT2D eigenvalue weighted by Crippen LogP contribution is 2.27. The van der Waals surface area contributed by atoms with Gasteiger partial charge in [-0.3, -0.25) is 9.48 Å². The number of benzene rings is 2. The molecule has 2 aromatic heterocycles. The third kappa shape index (κ3) is 4.61. The quantitative estimate of drug-likeness (QED) is 0.433. The number of aromatic nitrogens is 3. The number of nitrogens with zero attached hydrogens (tertiary/aromatic N) is 3. The lowest BCUT2D eigenvalue weighted by Gasteiger charge is -2.08. The van der Waals surface area contributed by atoms with E-state index in [2.05, 4.69) is 9.82 Å². The van der Waals surface area contributed by atoms with Crippen LogP contribution in [-0.4, -0.2) is 28.7 Å². The van der Waals surface area contributed by atoms with E-state index in [9.17, 15) is 13.2 Å². The first-order valence-corrected chi connectivity index (χ1v) is 11.8. The van der Waals surface area contributed by atoms with Crippen LogP contribution in [-0.2, 0) is 27.6 Å². The summed E-state index contributed by atoms with van der Waals surface area (Å²) in [5.74, 6) is -0.252. The van der Waals surface area contributed by atoms with Gasteiger partial charge in [0.15, 0.2) is 0 Å². The zero-order valence-electron chi connectivity index (χ0n) is 17.5. The monoisotopic (exact) mass is 468 g/mol. The zero-order chi connectivity index (χ0) is 22.9. The molecule has 4 aromatic rings. The van der Waals surface area contributed by atoms with Crippen LogP contribution in [0.2, 0.25) is 5.02 Å². The van der Waals surface area contributed by atoms with Gasteiger partial charge < -0.3 is 4.57 Å². The number of nitrogens with one attached hydrogen (secondary N) is 1. The molecule has 164 valence electrons. The Morgan fingerprint density at radius 3 is 2.66 bits per heavy atom. The molecule has 32 heavy (non-hydrogen) atoms. The maximum atomic E-state index is 12.4. The second kappa shape index (κ2) is 8.64. The molecule has 0 aliphatic heterocycles. The van der Waals surface area contributed by atoms with Gasteiger partial charge in [0.2, 0.25) is 10.0 Å². The number of sulfonamides is 1. The van der Waals surface area contributed by atoms with Gasteiger partial charge in [-0.25, -0.2) is 13.1 Å². The minimum Gasteiger partial charge on any atom is -0.301 e. The van der Waals surface area contributed by atoms with Crippen LogP contribution in [0, 0.1) is 6.92 Å². The molecule has 0 aliphatic carbocycles. The van der Waals surface area contributed by atoms with Gasteiger partial charge in [-0.1, -0.05) is 41.9 Å². The number of carbonyl (C=O) groups is 1. The van der Waals surface area contributed by atoms with Crippen molar-refractivity contribution in [2.24, 2.45) is 7.05 Å². The summed E-state index contributed by atoms with van der Waals surface area (Å²) >= 11 is 6.10. The predicted octanol–water partition coefficient (Wildman–Crippen LogP) is 3.99. The molecule has 0 radical (unpaired) electrons. The third-order valence-electron chi connectivity index (χ3n) is 4.97. The summed E-state index contributed by atoms with van der Waals surface area (Å²) < 4.78 is 30.4. The maximum Gasteiger partial charge on any atom is 0.257 e. The summed E-state index contributed by atoms with van der Waals surface area (Å²) in [6.07, 6.45) is 4.69. The fourth-order valence-electron chi connectivity index (χ4n) is 3.62. The van der Waals surface area contributed by atoms with Crippen molar-refractivity contribution in [2.45, 2.75) is 12.7 Å². The van der Waals surface area contributed by atoms with Gasteiger partial charge >= 0.3 is 0 Å². The molecular formula is C23H21ClN4O3S. The summed E-state index contributed by atoms with van der Waals surface area (Å²) in [4.78, 5) is 12.4. The minimum atomic E-state index is -3.82. The van der Waals surface area contributed by atoms with Crippen molar-refractivity contribution < 1.29 is 13.2 Å². The number of halogens is 1. The molecule has 0 bridgehead atoms. The molecule has 0 spiro atoms. The standard InChI is InChI=1S/C23H21ClN4O3S/c1-16-20(9-11-22(29)26-32(30,31)15-17-6-4-3-5-7-17)23(27(2)25-16)28-13-12-18-14-19(24)8-10-21(18)28/h3-14H,15H2,1-2H3,(H,26,29)/b11-9+. The Labute approximate surface area is 191 Å². The molecule has 2 heterocycles. The largest absolute Gasteiger partial charge is 0.301 e. The topological polar surface area (TPSA) is 86.0 Å². The van der Waals surface area contributed by atoms with Crippen molar-refractivity contribution in [2.75, 3.05) is 0 Å². The molecule has 9 heteroatoms. The molecule has 0 fully saturated rings. The number of rotatable bonds is 6. The highest BCUT2D eigenvalue weighted by Gasteiger charge is 2.17. The average molecular weight is 469 g/mol. The summed E-state index contributed by atoms with van der Waals surface area (Å²) in [7, 11) is -2.01. The van der Waals surface area contributed by atoms with E-state index in [1.165, 1.54) is 6.08 Å². The number of aryl methyl sites for hydroxylation is 2. The molecule has 0 saturated heterocycles. The normalized spacial score (nSPS) is 12.0. The van der Waals surface area contributed by atoms with E-state index in [0.29, 0.717) is 21.8 Å². The summed E-state index contributed by atoms with van der Waals surface area (Å²) in [6, 6.07) is 16.2. The van der Waals surface area contributed by atoms with Gasteiger partial charge in [0, 0.05) is 35.3 Å². The summed E-state index contributed by atoms with van der Waals surface area (Å²) in [5.41, 5.74) is 2.94. The van der Waals surface area contributed by atoms with Gasteiger partial charge in [0.1, 0.15) is 5.82 Å². The van der Waals surface area contributed by atoms with Crippen molar-refractivity contribution in [3.05, 3.63) is 88.7 Å². The second-order valence-electron chi connectivity index (χ2n) is 7.38. The fraction of sp³-hybridized carbons (Fsp3) is 0.130. The van der Waals surface area contributed by atoms with Crippen molar-refractivity contribution in [1.82, 2.24) is 19.1 Å². The molecule has 7 nitrogen and oxygen atoms in total. The molecule has 0 saturated carbocycles. The Kier molecular flexibility index (Phi) is 5.90. The Balaban J connectivity index is 1.60. The van der Waals surface area contributed by atoms with Crippen LogP contribution in [0.25, 0.3) is 22.8 Å². The number of carbonyl (C=O) groups excluding carboxylic acids is 1. The molecule has 1 N–H and O–H groups in total. The first-order chi connectivity index (χ1) is 15.2. The molecule has 4 rings (SSSR count). The SMILES string of the molecule is Cc1nn(C)c(-n2ccc3cc(Cl)ccc32)c1/C=C/C(=O)NS(=O)(=O)Cc1ccccc1. The van der Waals surface area contributed by atoms with E-state index in [-0.39, 0.29) is 5.75 Å². The van der Waals surface area contributed by atoms with Gasteiger partial charge in [0.05, 0.1) is 17.0 Å². The van der Waals surface area contributed by atoms with E-state index >= 15 is 0 Å². The van der Waals surface area contributed by atoms with E-state index in [1.54, 1.807) is 41.1 Å². The number of hydrogen-bond donors (Lipinski definition) is 1. The highest BCUT2D eigenvalue weighted by atomic mass is 35.5. The van der Waals surface area contributed by atoms with Crippen LogP contribution in [0.4, 0.5) is 0 Å². The van der Waals surface area contributed by atoms with E-state index < -0.39 is 15.9 Å². The van der Waals surface area contributed by atoms with Crippen LogP contribution in [0.15, 0.2) is 66.9 Å². The first kappa shape index (κ1) is 21.9. The fourth-order valence-corrected chi connectivity index (χ4v) is 4.88. The van der Waals surface area contributed by atoms with Gasteiger partial charge in [-0.15, -0.1) is 0 Å². The summed E-state index contributed by atoms with van der Waals surface area (Å²) in [5, 5.41) is 6.08. The second-order valence-corrected chi connectivity index (χ2v) is 9.54. The minimum absolute atomic E-state index is 0.275. The van der Waals surface area contributed by atoms with Gasteiger partial charge in [0.25, 0.3) is 5.91 Å². The molecule has 1 amide bonds. The van der Waals surface area contributed by atoms with Crippen LogP contribution in [0.3, 0.4) is 0 Å². The molecule has 0 unspecified atom stereocenters. The van der Waals surface area contributed by atoms with Crippen molar-refractivity contribution in [1.29, 1.82) is 0 Å². The van der Waals surface area contributed by atoms with Crippen molar-refractivity contribution >= 4 is 44.5 Å². The van der Waals surface area contributed by atoms with Crippen molar-refractivity contribution in [3.8, 4) is 5.82 Å².